The van der Waals surface area contributed by atoms with Gasteiger partial charge in [0.15, 0.2) is 0 Å². The zero-order valence-electron chi connectivity index (χ0n) is 10.1. The number of nitrogens with zero attached hydrogens (tertiary/aromatic N) is 3. The third-order valence-corrected chi connectivity index (χ3v) is 2.64. The van der Waals surface area contributed by atoms with E-state index in [0.717, 1.165) is 11.3 Å². The summed E-state index contributed by atoms with van der Waals surface area (Å²) in [5, 5.41) is 6.76. The van der Waals surface area contributed by atoms with E-state index in [4.69, 9.17) is 5.73 Å². The lowest BCUT2D eigenvalue weighted by Gasteiger charge is -2.12. The molecule has 2 rings (SSSR count). The Hall–Kier alpha value is -2.21. The lowest BCUT2D eigenvalue weighted by molar-refractivity contribution is -0.119. The summed E-state index contributed by atoms with van der Waals surface area (Å²) in [5.41, 5.74) is 7.26. The maximum atomic E-state index is 12.0. The summed E-state index contributed by atoms with van der Waals surface area (Å²) in [6.45, 7) is 2.21. The maximum Gasteiger partial charge on any atom is 0.249 e. The highest BCUT2D eigenvalue weighted by atomic mass is 16.2. The van der Waals surface area contributed by atoms with Crippen LogP contribution in [-0.4, -0.2) is 20.7 Å². The number of nitrogens with two attached hydrogens (primary N) is 1. The molecule has 6 nitrogen and oxygen atoms in total. The van der Waals surface area contributed by atoms with Gasteiger partial charge in [-0.2, -0.15) is 5.10 Å². The fourth-order valence-electron chi connectivity index (χ4n) is 1.56. The second-order valence-electron chi connectivity index (χ2n) is 3.95. The van der Waals surface area contributed by atoms with Crippen LogP contribution < -0.4 is 11.1 Å². The largest absolute Gasteiger partial charge is 0.326 e. The Morgan fingerprint density at radius 2 is 2.39 bits per heavy atom. The van der Waals surface area contributed by atoms with Crippen molar-refractivity contribution in [3.8, 4) is 0 Å². The molecule has 1 aromatic heterocycles. The Morgan fingerprint density at radius 3 is 3.06 bits per heavy atom. The number of amides is 1. The standard InChI is InChI=1S/C12H15N5O/c1-9(17-8-14-7-15-17)12(18)16-11-4-2-3-10(5-11)6-13/h2-5,7-9H,6,13H2,1H3,(H,16,18). The molecule has 0 fully saturated rings. The smallest absolute Gasteiger partial charge is 0.249 e. The second kappa shape index (κ2) is 5.42. The number of nitrogens with one attached hydrogen (secondary N) is 1. The lowest BCUT2D eigenvalue weighted by Crippen LogP contribution is -2.24. The minimum Gasteiger partial charge on any atom is -0.326 e. The molecule has 1 atom stereocenters. The number of hydrogen-bond donors (Lipinski definition) is 2. The van der Waals surface area contributed by atoms with Gasteiger partial charge in [0.05, 0.1) is 0 Å². The van der Waals surface area contributed by atoms with Crippen LogP contribution in [0, 0.1) is 0 Å². The molecule has 0 aliphatic heterocycles. The summed E-state index contributed by atoms with van der Waals surface area (Å²) < 4.78 is 1.50. The third-order valence-electron chi connectivity index (χ3n) is 2.64. The average molecular weight is 245 g/mol. The van der Waals surface area contributed by atoms with Gasteiger partial charge in [0.2, 0.25) is 5.91 Å². The average Bonchev–Trinajstić information content (AvgIpc) is 2.92. The van der Waals surface area contributed by atoms with Crippen molar-refractivity contribution in [2.75, 3.05) is 5.32 Å². The molecule has 1 heterocycles. The summed E-state index contributed by atoms with van der Waals surface area (Å²) in [7, 11) is 0. The maximum absolute atomic E-state index is 12.0. The first-order valence-corrected chi connectivity index (χ1v) is 5.64. The molecule has 3 N–H and O–H groups in total. The van der Waals surface area contributed by atoms with Gasteiger partial charge in [-0.05, 0) is 24.6 Å². The van der Waals surface area contributed by atoms with Gasteiger partial charge in [0.25, 0.3) is 0 Å². The normalized spacial score (nSPS) is 12.1. The van der Waals surface area contributed by atoms with E-state index in [1.165, 1.54) is 17.3 Å². The van der Waals surface area contributed by atoms with Gasteiger partial charge in [-0.25, -0.2) is 9.67 Å². The van der Waals surface area contributed by atoms with Crippen molar-refractivity contribution in [2.45, 2.75) is 19.5 Å². The van der Waals surface area contributed by atoms with Crippen LogP contribution in [0.3, 0.4) is 0 Å². The van der Waals surface area contributed by atoms with Crippen LogP contribution in [0.25, 0.3) is 0 Å². The SMILES string of the molecule is CC(C(=O)Nc1cccc(CN)c1)n1cncn1. The van der Waals surface area contributed by atoms with Crippen LogP contribution in [0.1, 0.15) is 18.5 Å². The van der Waals surface area contributed by atoms with E-state index in [2.05, 4.69) is 15.4 Å². The van der Waals surface area contributed by atoms with E-state index in [1.807, 2.05) is 24.3 Å². The minimum atomic E-state index is -0.408. The first kappa shape index (κ1) is 12.3. The third kappa shape index (κ3) is 2.72. The van der Waals surface area contributed by atoms with Crippen LogP contribution in [-0.2, 0) is 11.3 Å². The molecule has 0 bridgehead atoms. The zero-order valence-corrected chi connectivity index (χ0v) is 10.1. The van der Waals surface area contributed by atoms with Gasteiger partial charge in [-0.3, -0.25) is 4.79 Å². The molecule has 1 amide bonds. The molecule has 18 heavy (non-hydrogen) atoms. The molecule has 0 aliphatic rings. The van der Waals surface area contributed by atoms with Crippen molar-refractivity contribution < 1.29 is 4.79 Å². The lowest BCUT2D eigenvalue weighted by atomic mass is 10.2. The van der Waals surface area contributed by atoms with Crippen molar-refractivity contribution >= 4 is 11.6 Å². The highest BCUT2D eigenvalue weighted by Crippen LogP contribution is 2.12. The zero-order chi connectivity index (χ0) is 13.0. The van der Waals surface area contributed by atoms with E-state index < -0.39 is 6.04 Å². The Bertz CT molecular complexity index is 523. The van der Waals surface area contributed by atoms with Crippen molar-refractivity contribution in [3.63, 3.8) is 0 Å². The van der Waals surface area contributed by atoms with Gasteiger partial charge >= 0.3 is 0 Å². The Kier molecular flexibility index (Phi) is 3.69. The fourth-order valence-corrected chi connectivity index (χ4v) is 1.56. The predicted octanol–water partition coefficient (Wildman–Crippen LogP) is 0.937. The number of anilines is 1. The molecule has 0 aliphatic carbocycles. The minimum absolute atomic E-state index is 0.144. The topological polar surface area (TPSA) is 85.8 Å². The molecule has 0 radical (unpaired) electrons. The Morgan fingerprint density at radius 1 is 1.56 bits per heavy atom. The number of hydrogen-bond acceptors (Lipinski definition) is 4. The number of rotatable bonds is 4. The molecule has 0 saturated heterocycles. The molecule has 94 valence electrons. The van der Waals surface area contributed by atoms with E-state index >= 15 is 0 Å². The molecule has 2 aromatic rings. The molecule has 1 unspecified atom stereocenters. The number of carbonyl (C=O) groups excluding carboxylic acids is 1. The molecular formula is C12H15N5O. The first-order valence-electron chi connectivity index (χ1n) is 5.64. The monoisotopic (exact) mass is 245 g/mol. The summed E-state index contributed by atoms with van der Waals surface area (Å²) in [5.74, 6) is -0.144. The summed E-state index contributed by atoms with van der Waals surface area (Å²) in [6, 6.07) is 7.04. The molecule has 1 aromatic carbocycles. The van der Waals surface area contributed by atoms with Crippen LogP contribution in [0.2, 0.25) is 0 Å². The summed E-state index contributed by atoms with van der Waals surface area (Å²) >= 11 is 0. The summed E-state index contributed by atoms with van der Waals surface area (Å²) in [4.78, 5) is 15.8. The van der Waals surface area contributed by atoms with Gasteiger partial charge < -0.3 is 11.1 Å². The number of carbonyl (C=O) groups is 1. The Labute approximate surface area is 105 Å². The molecular weight excluding hydrogens is 230 g/mol. The van der Waals surface area contributed by atoms with Gasteiger partial charge in [-0.15, -0.1) is 0 Å². The van der Waals surface area contributed by atoms with Crippen LogP contribution in [0.5, 0.6) is 0 Å². The van der Waals surface area contributed by atoms with E-state index in [-0.39, 0.29) is 5.91 Å². The Balaban J connectivity index is 2.06. The van der Waals surface area contributed by atoms with E-state index in [0.29, 0.717) is 6.54 Å². The van der Waals surface area contributed by atoms with Crippen molar-refractivity contribution in [2.24, 2.45) is 5.73 Å². The highest BCUT2D eigenvalue weighted by molar-refractivity contribution is 5.93. The molecule has 0 saturated carbocycles. The van der Waals surface area contributed by atoms with Gasteiger partial charge in [0, 0.05) is 12.2 Å². The fraction of sp³-hybridized carbons (Fsp3) is 0.250. The number of aromatic nitrogens is 3. The molecule has 0 spiro atoms. The van der Waals surface area contributed by atoms with Crippen molar-refractivity contribution in [3.05, 3.63) is 42.5 Å². The van der Waals surface area contributed by atoms with Crippen LogP contribution in [0.15, 0.2) is 36.9 Å². The number of benzene rings is 1. The molecule has 6 heteroatoms. The van der Waals surface area contributed by atoms with Crippen molar-refractivity contribution in [1.82, 2.24) is 14.8 Å². The van der Waals surface area contributed by atoms with E-state index in [1.54, 1.807) is 6.92 Å². The second-order valence-corrected chi connectivity index (χ2v) is 3.95. The van der Waals surface area contributed by atoms with E-state index in [9.17, 15) is 4.79 Å². The quantitative estimate of drug-likeness (QED) is 0.839. The predicted molar refractivity (Wildman–Crippen MR) is 67.7 cm³/mol. The van der Waals surface area contributed by atoms with Crippen molar-refractivity contribution in [1.29, 1.82) is 0 Å². The summed E-state index contributed by atoms with van der Waals surface area (Å²) in [6.07, 6.45) is 2.92. The van der Waals surface area contributed by atoms with Gasteiger partial charge in [0.1, 0.15) is 18.7 Å². The first-order chi connectivity index (χ1) is 8.70. The van der Waals surface area contributed by atoms with Crippen LogP contribution in [0.4, 0.5) is 5.69 Å². The van der Waals surface area contributed by atoms with Crippen LogP contribution >= 0.6 is 0 Å². The highest BCUT2D eigenvalue weighted by Gasteiger charge is 2.15. The van der Waals surface area contributed by atoms with Gasteiger partial charge in [-0.1, -0.05) is 12.1 Å².